The van der Waals surface area contributed by atoms with Crippen molar-refractivity contribution in [1.29, 1.82) is 0 Å². The van der Waals surface area contributed by atoms with Crippen molar-refractivity contribution >= 4 is 23.3 Å². The number of ketones is 3. The van der Waals surface area contributed by atoms with Gasteiger partial charge < -0.3 is 25.2 Å². The number of aliphatic hydroxyl groups excluding tert-OH is 2. The van der Waals surface area contributed by atoms with Gasteiger partial charge in [0.1, 0.15) is 29.4 Å². The van der Waals surface area contributed by atoms with Crippen molar-refractivity contribution in [3.8, 4) is 16.9 Å². The molecule has 45 heavy (non-hydrogen) atoms. The lowest BCUT2D eigenvalue weighted by molar-refractivity contribution is -0.171. The van der Waals surface area contributed by atoms with Gasteiger partial charge in [-0.15, -0.1) is 0 Å². The number of rotatable bonds is 7. The molecular formula is C36H38O9. The van der Waals surface area contributed by atoms with Gasteiger partial charge in [-0.1, -0.05) is 70.7 Å². The Bertz CT molecular complexity index is 1730. The van der Waals surface area contributed by atoms with Crippen LogP contribution < -0.4 is 0 Å². The van der Waals surface area contributed by atoms with Crippen LogP contribution in [-0.4, -0.2) is 56.0 Å². The fraction of sp³-hybridized carbons (Fsp3) is 0.389. The summed E-state index contributed by atoms with van der Waals surface area (Å²) in [5.41, 5.74) is -3.50. The number of fused-ring (bicyclic) bond motifs is 3. The van der Waals surface area contributed by atoms with Crippen LogP contribution in [-0.2, 0) is 32.0 Å². The topological polar surface area (TPSA) is 158 Å². The van der Waals surface area contributed by atoms with Crippen LogP contribution in [0.15, 0.2) is 71.7 Å². The van der Waals surface area contributed by atoms with Crippen molar-refractivity contribution < 1.29 is 44.3 Å². The summed E-state index contributed by atoms with van der Waals surface area (Å²) in [7, 11) is 0. The molecule has 0 aliphatic heterocycles. The summed E-state index contributed by atoms with van der Waals surface area (Å²) in [6, 6.07) is 10.2. The SMILES string of the molecule is C=CCOC(=O)Cc1ccc(-c2ccc(O)c3c2C[C@]2(C)C[C@]4(C)C(C(C)C)C(O)=C(C(C)=O)C(=O)[C@]4(O)C(O)=C2C3=O)cc1. The Kier molecular flexibility index (Phi) is 7.69. The van der Waals surface area contributed by atoms with Gasteiger partial charge in [0.2, 0.25) is 5.78 Å². The van der Waals surface area contributed by atoms with Crippen LogP contribution >= 0.6 is 0 Å². The van der Waals surface area contributed by atoms with Gasteiger partial charge in [0, 0.05) is 22.3 Å². The van der Waals surface area contributed by atoms with Crippen molar-refractivity contribution in [2.24, 2.45) is 22.7 Å². The van der Waals surface area contributed by atoms with E-state index in [1.807, 2.05) is 0 Å². The van der Waals surface area contributed by atoms with Crippen molar-refractivity contribution in [3.05, 3.63) is 88.4 Å². The average Bonchev–Trinajstić information content (AvgIpc) is 2.94. The Morgan fingerprint density at radius 3 is 2.29 bits per heavy atom. The highest BCUT2D eigenvalue weighted by atomic mass is 16.5. The molecule has 236 valence electrons. The second kappa shape index (κ2) is 10.8. The molecule has 0 amide bonds. The second-order valence-corrected chi connectivity index (χ2v) is 13.3. The van der Waals surface area contributed by atoms with E-state index in [1.165, 1.54) is 12.1 Å². The number of allylic oxidation sites excluding steroid dienone is 2. The van der Waals surface area contributed by atoms with E-state index in [-0.39, 0.29) is 48.7 Å². The Morgan fingerprint density at radius 2 is 1.71 bits per heavy atom. The smallest absolute Gasteiger partial charge is 0.310 e. The van der Waals surface area contributed by atoms with Crippen LogP contribution in [0.3, 0.4) is 0 Å². The highest BCUT2D eigenvalue weighted by Crippen LogP contribution is 2.65. The van der Waals surface area contributed by atoms with Crippen LogP contribution in [0, 0.1) is 22.7 Å². The molecule has 0 spiro atoms. The van der Waals surface area contributed by atoms with Gasteiger partial charge in [0.15, 0.2) is 17.2 Å². The van der Waals surface area contributed by atoms with Gasteiger partial charge in [-0.05, 0) is 54.0 Å². The van der Waals surface area contributed by atoms with Crippen molar-refractivity contribution in [2.75, 3.05) is 6.61 Å². The Hall–Kier alpha value is -4.50. The minimum absolute atomic E-state index is 0.00571. The third kappa shape index (κ3) is 4.55. The molecule has 0 saturated carbocycles. The number of carbonyl (C=O) groups is 4. The quantitative estimate of drug-likeness (QED) is 0.185. The molecule has 0 aromatic heterocycles. The highest BCUT2D eigenvalue weighted by Gasteiger charge is 2.71. The van der Waals surface area contributed by atoms with E-state index < -0.39 is 62.8 Å². The van der Waals surface area contributed by atoms with Gasteiger partial charge in [-0.3, -0.25) is 19.2 Å². The largest absolute Gasteiger partial charge is 0.511 e. The third-order valence-electron chi connectivity index (χ3n) is 9.87. The summed E-state index contributed by atoms with van der Waals surface area (Å²) in [6.07, 6.45) is 1.71. The molecule has 4 N–H and O–H groups in total. The van der Waals surface area contributed by atoms with E-state index in [0.29, 0.717) is 11.1 Å². The third-order valence-corrected chi connectivity index (χ3v) is 9.87. The van der Waals surface area contributed by atoms with E-state index in [9.17, 15) is 39.6 Å². The summed E-state index contributed by atoms with van der Waals surface area (Å²) in [4.78, 5) is 52.7. The molecule has 0 radical (unpaired) electrons. The first-order valence-electron chi connectivity index (χ1n) is 14.9. The molecule has 0 heterocycles. The first kappa shape index (κ1) is 31.9. The van der Waals surface area contributed by atoms with Gasteiger partial charge >= 0.3 is 5.97 Å². The molecule has 0 fully saturated rings. The van der Waals surface area contributed by atoms with Crippen molar-refractivity contribution in [1.82, 2.24) is 0 Å². The van der Waals surface area contributed by atoms with Gasteiger partial charge in [0.25, 0.3) is 0 Å². The number of esters is 1. The summed E-state index contributed by atoms with van der Waals surface area (Å²) in [5.74, 6) is -5.89. The number of aliphatic hydroxyl groups is 3. The minimum Gasteiger partial charge on any atom is -0.511 e. The first-order chi connectivity index (χ1) is 21.0. The first-order valence-corrected chi connectivity index (χ1v) is 14.9. The molecule has 1 unspecified atom stereocenters. The van der Waals surface area contributed by atoms with Crippen LogP contribution in [0.25, 0.3) is 11.1 Å². The normalized spacial score (nSPS) is 27.6. The molecule has 2 aromatic carbocycles. The van der Waals surface area contributed by atoms with E-state index >= 15 is 0 Å². The molecule has 0 saturated heterocycles. The zero-order valence-corrected chi connectivity index (χ0v) is 26.1. The molecule has 3 aliphatic rings. The maximum atomic E-state index is 14.3. The maximum Gasteiger partial charge on any atom is 0.310 e. The summed E-state index contributed by atoms with van der Waals surface area (Å²) < 4.78 is 5.06. The molecule has 0 bridgehead atoms. The molecule has 9 nitrogen and oxygen atoms in total. The van der Waals surface area contributed by atoms with Crippen LogP contribution in [0.2, 0.25) is 0 Å². The number of ether oxygens (including phenoxy) is 1. The number of aromatic hydroxyl groups is 1. The standard InChI is InChI=1S/C36H38O9/c1-7-14-45-25(39)15-20-8-10-21(11-9-20)22-12-13-24(38)27-23(22)16-34(5)17-35(6)28(18(2)3)30(40)26(19(4)37)32(42)36(35,44)33(43)29(34)31(27)41/h7-13,18,28,38,40,43-44H,1,14-17H2,2-6H3/t28?,34-,35-,36+/m1/s1. The Labute approximate surface area is 261 Å². The number of Topliss-reactive ketones (excluding diaryl/α,β-unsaturated/α-hetero) is 3. The monoisotopic (exact) mass is 614 g/mol. The summed E-state index contributed by atoms with van der Waals surface area (Å²) >= 11 is 0. The Balaban J connectivity index is 1.66. The molecule has 2 aromatic rings. The van der Waals surface area contributed by atoms with E-state index in [1.54, 1.807) is 58.0 Å². The number of hydrogen-bond acceptors (Lipinski definition) is 9. The molecule has 5 rings (SSSR count). The molecule has 4 atom stereocenters. The second-order valence-electron chi connectivity index (χ2n) is 13.3. The lowest BCUT2D eigenvalue weighted by Gasteiger charge is -2.59. The van der Waals surface area contributed by atoms with E-state index in [2.05, 4.69) is 6.58 Å². The maximum absolute atomic E-state index is 14.3. The lowest BCUT2D eigenvalue weighted by Crippen LogP contribution is -2.67. The van der Waals surface area contributed by atoms with Crippen LogP contribution in [0.4, 0.5) is 0 Å². The Morgan fingerprint density at radius 1 is 1.07 bits per heavy atom. The number of phenolic OH excluding ortho intramolecular Hbond substituents is 1. The summed E-state index contributed by atoms with van der Waals surface area (Å²) in [6.45, 7) is 11.7. The van der Waals surface area contributed by atoms with E-state index in [0.717, 1.165) is 18.1 Å². The molecule has 9 heteroatoms. The number of hydrogen-bond donors (Lipinski definition) is 4. The van der Waals surface area contributed by atoms with Crippen LogP contribution in [0.1, 0.15) is 62.5 Å². The minimum atomic E-state index is -2.66. The van der Waals surface area contributed by atoms with Crippen molar-refractivity contribution in [3.63, 3.8) is 0 Å². The van der Waals surface area contributed by atoms with Gasteiger partial charge in [-0.25, -0.2) is 0 Å². The molecule has 3 aliphatic carbocycles. The van der Waals surface area contributed by atoms with E-state index in [4.69, 9.17) is 4.74 Å². The zero-order chi connectivity index (χ0) is 33.2. The predicted molar refractivity (Wildman–Crippen MR) is 166 cm³/mol. The average molecular weight is 615 g/mol. The number of phenols is 1. The summed E-state index contributed by atoms with van der Waals surface area (Å²) in [5, 5.41) is 46.2. The number of carbonyl (C=O) groups excluding carboxylic acids is 4. The predicted octanol–water partition coefficient (Wildman–Crippen LogP) is 5.29. The van der Waals surface area contributed by atoms with Crippen molar-refractivity contribution in [2.45, 2.75) is 59.5 Å². The van der Waals surface area contributed by atoms with Gasteiger partial charge in [0.05, 0.1) is 12.0 Å². The van der Waals surface area contributed by atoms with Gasteiger partial charge in [-0.2, -0.15) is 0 Å². The lowest BCUT2D eigenvalue weighted by atomic mass is 9.44. The fourth-order valence-corrected chi connectivity index (χ4v) is 8.17. The van der Waals surface area contributed by atoms with Crippen LogP contribution in [0.5, 0.6) is 5.75 Å². The zero-order valence-electron chi connectivity index (χ0n) is 26.1. The fourth-order valence-electron chi connectivity index (χ4n) is 8.17. The molecular weight excluding hydrogens is 576 g/mol. The number of benzene rings is 2. The highest BCUT2D eigenvalue weighted by molar-refractivity contribution is 6.25.